The Bertz CT molecular complexity index is 1050. The molecule has 1 atom stereocenters. The average molecular weight is 501 g/mol. The summed E-state index contributed by atoms with van der Waals surface area (Å²) >= 11 is 1.01. The first kappa shape index (κ1) is 26.6. The number of benzene rings is 2. The van der Waals surface area contributed by atoms with Crippen molar-refractivity contribution in [3.63, 3.8) is 0 Å². The van der Waals surface area contributed by atoms with Crippen LogP contribution in [0, 0.1) is 0 Å². The Hall–Kier alpha value is -1.65. The maximum atomic E-state index is 11.6. The summed E-state index contributed by atoms with van der Waals surface area (Å²) in [5, 5.41) is 27.2. The molecule has 0 aliphatic carbocycles. The van der Waals surface area contributed by atoms with E-state index in [1.165, 1.54) is 17.2 Å². The molecule has 1 fully saturated rings. The third-order valence-corrected chi connectivity index (χ3v) is 6.41. The number of aromatic hydroxyl groups is 1. The van der Waals surface area contributed by atoms with Gasteiger partial charge in [-0.3, -0.25) is 9.69 Å². The standard InChI is InChI=1S/C22H28N4O3S.2ClH/c27-18-5-4-17(21-20(18)25-22(29)30-21)19(28)13-24-7-6-15-2-1-3-16(12-15)14-26-10-8-23-9-11-26;;/h1-5,12,19,23-24,27-28H,6-11,13-14H2,(H,25,29);2*1H. The SMILES string of the molecule is Cl.Cl.O=c1[nH]c2c(O)ccc(C(O)CNCCc3cccc(CN4CCNCC4)c3)c2s1. The number of hydrogen-bond donors (Lipinski definition) is 5. The highest BCUT2D eigenvalue weighted by atomic mass is 35.5. The van der Waals surface area contributed by atoms with E-state index in [9.17, 15) is 15.0 Å². The minimum Gasteiger partial charge on any atom is -0.506 e. The highest BCUT2D eigenvalue weighted by Gasteiger charge is 2.16. The number of hydrogen-bond acceptors (Lipinski definition) is 7. The Labute approximate surface area is 203 Å². The monoisotopic (exact) mass is 500 g/mol. The van der Waals surface area contributed by atoms with E-state index in [1.807, 2.05) is 0 Å². The maximum Gasteiger partial charge on any atom is 0.305 e. The number of rotatable bonds is 8. The lowest BCUT2D eigenvalue weighted by atomic mass is 10.1. The van der Waals surface area contributed by atoms with E-state index in [1.54, 1.807) is 6.07 Å². The third kappa shape index (κ3) is 6.68. The van der Waals surface area contributed by atoms with Gasteiger partial charge >= 0.3 is 4.87 Å². The van der Waals surface area contributed by atoms with Crippen molar-refractivity contribution in [2.45, 2.75) is 19.1 Å². The highest BCUT2D eigenvalue weighted by molar-refractivity contribution is 7.16. The second-order valence-corrected chi connectivity index (χ2v) is 8.69. The van der Waals surface area contributed by atoms with E-state index in [-0.39, 0.29) is 35.4 Å². The summed E-state index contributed by atoms with van der Waals surface area (Å²) in [6, 6.07) is 11.9. The first-order chi connectivity index (χ1) is 14.6. The molecule has 0 bridgehead atoms. The molecule has 2 aromatic carbocycles. The fraction of sp³-hybridized carbons (Fsp3) is 0.409. The molecule has 0 radical (unpaired) electrons. The van der Waals surface area contributed by atoms with Crippen molar-refractivity contribution in [3.8, 4) is 5.75 Å². The Balaban J connectivity index is 0.00000181. The molecular formula is C22H30Cl2N4O3S. The average Bonchev–Trinajstić information content (AvgIpc) is 3.15. The predicted molar refractivity (Wildman–Crippen MR) is 135 cm³/mol. The van der Waals surface area contributed by atoms with Gasteiger partial charge in [-0.1, -0.05) is 41.7 Å². The van der Waals surface area contributed by atoms with Crippen LogP contribution >= 0.6 is 36.2 Å². The smallest absolute Gasteiger partial charge is 0.305 e. The first-order valence-electron chi connectivity index (χ1n) is 10.3. The van der Waals surface area contributed by atoms with Crippen molar-refractivity contribution in [2.24, 2.45) is 0 Å². The number of aromatic nitrogens is 1. The molecule has 3 aromatic rings. The van der Waals surface area contributed by atoms with Crippen LogP contribution in [0.1, 0.15) is 22.8 Å². The topological polar surface area (TPSA) is 101 Å². The fourth-order valence-electron chi connectivity index (χ4n) is 3.89. The number of halogens is 2. The molecule has 1 aliphatic rings. The number of nitrogens with zero attached hydrogens (tertiary/aromatic N) is 1. The van der Waals surface area contributed by atoms with E-state index in [0.717, 1.165) is 57.0 Å². The predicted octanol–water partition coefficient (Wildman–Crippen LogP) is 2.41. The number of nitrogens with one attached hydrogen (secondary N) is 3. The molecule has 176 valence electrons. The van der Waals surface area contributed by atoms with Crippen molar-refractivity contribution in [1.29, 1.82) is 0 Å². The number of phenolic OH excluding ortho intramolecular Hbond substituents is 1. The normalized spacial score (nSPS) is 15.2. The molecular weight excluding hydrogens is 471 g/mol. The van der Waals surface area contributed by atoms with Gasteiger partial charge in [0.1, 0.15) is 11.3 Å². The first-order valence-corrected chi connectivity index (χ1v) is 11.2. The summed E-state index contributed by atoms with van der Waals surface area (Å²) in [5.41, 5.74) is 3.66. The summed E-state index contributed by atoms with van der Waals surface area (Å²) in [5.74, 6) is 0.0213. The van der Waals surface area contributed by atoms with Gasteiger partial charge in [-0.2, -0.15) is 0 Å². The van der Waals surface area contributed by atoms with Crippen LogP contribution in [0.2, 0.25) is 0 Å². The minimum atomic E-state index is -0.751. The van der Waals surface area contributed by atoms with Crippen LogP contribution in [0.25, 0.3) is 10.2 Å². The van der Waals surface area contributed by atoms with E-state index in [0.29, 0.717) is 22.3 Å². The molecule has 1 unspecified atom stereocenters. The maximum absolute atomic E-state index is 11.6. The number of aromatic amines is 1. The lowest BCUT2D eigenvalue weighted by Gasteiger charge is -2.27. The Morgan fingerprint density at radius 1 is 1.12 bits per heavy atom. The van der Waals surface area contributed by atoms with E-state index in [4.69, 9.17) is 0 Å². The summed E-state index contributed by atoms with van der Waals surface area (Å²) in [4.78, 5) is 16.5. The van der Waals surface area contributed by atoms with E-state index < -0.39 is 6.10 Å². The molecule has 32 heavy (non-hydrogen) atoms. The van der Waals surface area contributed by atoms with Gasteiger partial charge in [-0.25, -0.2) is 0 Å². The number of thiazole rings is 1. The van der Waals surface area contributed by atoms with Crippen LogP contribution in [-0.4, -0.2) is 59.4 Å². The second-order valence-electron chi connectivity index (χ2n) is 7.71. The van der Waals surface area contributed by atoms with Crippen LogP contribution in [0.15, 0.2) is 41.2 Å². The molecule has 1 aromatic heterocycles. The Morgan fingerprint density at radius 2 is 1.88 bits per heavy atom. The fourth-order valence-corrected chi connectivity index (χ4v) is 4.81. The zero-order valence-corrected chi connectivity index (χ0v) is 20.1. The van der Waals surface area contributed by atoms with Gasteiger partial charge < -0.3 is 25.8 Å². The molecule has 5 N–H and O–H groups in total. The van der Waals surface area contributed by atoms with Crippen LogP contribution in [0.4, 0.5) is 0 Å². The van der Waals surface area contributed by atoms with Gasteiger partial charge in [0, 0.05) is 44.8 Å². The van der Waals surface area contributed by atoms with Crippen molar-refractivity contribution in [3.05, 3.63) is 62.8 Å². The molecule has 1 aliphatic heterocycles. The van der Waals surface area contributed by atoms with Gasteiger partial charge in [-0.15, -0.1) is 24.8 Å². The zero-order chi connectivity index (χ0) is 20.9. The number of piperazine rings is 1. The highest BCUT2D eigenvalue weighted by Crippen LogP contribution is 2.31. The molecule has 0 spiro atoms. The summed E-state index contributed by atoms with van der Waals surface area (Å²) in [6.07, 6.45) is 0.128. The molecule has 1 saturated heterocycles. The van der Waals surface area contributed by atoms with Crippen LogP contribution < -0.4 is 15.5 Å². The molecule has 2 heterocycles. The quantitative estimate of drug-likeness (QED) is 0.304. The number of fused-ring (bicyclic) bond motifs is 1. The summed E-state index contributed by atoms with van der Waals surface area (Å²) < 4.78 is 0.606. The van der Waals surface area contributed by atoms with E-state index in [2.05, 4.69) is 44.8 Å². The number of H-pyrrole nitrogens is 1. The Morgan fingerprint density at radius 3 is 2.66 bits per heavy atom. The zero-order valence-electron chi connectivity index (χ0n) is 17.7. The second kappa shape index (κ2) is 12.6. The molecule has 4 rings (SSSR count). The van der Waals surface area contributed by atoms with Crippen molar-refractivity contribution in [1.82, 2.24) is 20.5 Å². The van der Waals surface area contributed by atoms with Crippen molar-refractivity contribution >= 4 is 46.4 Å². The molecule has 0 amide bonds. The lowest BCUT2D eigenvalue weighted by molar-refractivity contribution is 0.176. The third-order valence-electron chi connectivity index (χ3n) is 5.48. The van der Waals surface area contributed by atoms with Gasteiger partial charge in [0.25, 0.3) is 0 Å². The van der Waals surface area contributed by atoms with Crippen LogP contribution in [0.3, 0.4) is 0 Å². The van der Waals surface area contributed by atoms with Crippen LogP contribution in [-0.2, 0) is 13.0 Å². The molecule has 0 saturated carbocycles. The van der Waals surface area contributed by atoms with Gasteiger partial charge in [0.05, 0.1) is 10.8 Å². The number of aliphatic hydroxyl groups is 1. The Kier molecular flexibility index (Phi) is 10.4. The van der Waals surface area contributed by atoms with E-state index >= 15 is 0 Å². The summed E-state index contributed by atoms with van der Waals surface area (Å²) in [6.45, 7) is 6.40. The van der Waals surface area contributed by atoms with Gasteiger partial charge in [0.15, 0.2) is 0 Å². The van der Waals surface area contributed by atoms with Gasteiger partial charge in [0.2, 0.25) is 0 Å². The summed E-state index contributed by atoms with van der Waals surface area (Å²) in [7, 11) is 0. The minimum absolute atomic E-state index is 0. The van der Waals surface area contributed by atoms with Crippen molar-refractivity contribution in [2.75, 3.05) is 39.3 Å². The van der Waals surface area contributed by atoms with Crippen molar-refractivity contribution < 1.29 is 10.2 Å². The largest absolute Gasteiger partial charge is 0.506 e. The number of aliphatic hydroxyl groups excluding tert-OH is 1. The lowest BCUT2D eigenvalue weighted by Crippen LogP contribution is -2.42. The van der Waals surface area contributed by atoms with Crippen LogP contribution in [0.5, 0.6) is 5.75 Å². The molecule has 10 heteroatoms. The van der Waals surface area contributed by atoms with Gasteiger partial charge in [-0.05, 0) is 30.2 Å². The number of phenols is 1. The molecule has 7 nitrogen and oxygen atoms in total.